The first kappa shape index (κ1) is 24.1. The first-order valence-electron chi connectivity index (χ1n) is 9.71. The summed E-state index contributed by atoms with van der Waals surface area (Å²) >= 11 is 0. The Morgan fingerprint density at radius 3 is 2.48 bits per heavy atom. The lowest BCUT2D eigenvalue weighted by molar-refractivity contribution is -0.0679. The molecule has 1 aromatic carbocycles. The molecule has 27 heavy (non-hydrogen) atoms. The second-order valence-electron chi connectivity index (χ2n) is 6.93. The Bertz CT molecular complexity index is 545. The number of nitrogens with zero attached hydrogens (tertiary/aromatic N) is 2. The molecule has 1 aliphatic rings. The van der Waals surface area contributed by atoms with Crippen molar-refractivity contribution < 1.29 is 9.13 Å². The number of hydrogen-bond donors (Lipinski definition) is 2. The second kappa shape index (κ2) is 13.3. The van der Waals surface area contributed by atoms with Crippen molar-refractivity contribution in [2.24, 2.45) is 4.99 Å². The summed E-state index contributed by atoms with van der Waals surface area (Å²) in [6.45, 7) is 11.8. The number of guanidine groups is 1. The summed E-state index contributed by atoms with van der Waals surface area (Å²) in [6.07, 6.45) is 2.50. The molecule has 2 unspecified atom stereocenters. The summed E-state index contributed by atoms with van der Waals surface area (Å²) in [5.41, 5.74) is 1.12. The molecule has 1 aliphatic heterocycles. The third kappa shape index (κ3) is 9.71. The van der Waals surface area contributed by atoms with Crippen molar-refractivity contribution in [3.63, 3.8) is 0 Å². The molecule has 0 aromatic heterocycles. The van der Waals surface area contributed by atoms with Crippen molar-refractivity contribution in [1.29, 1.82) is 0 Å². The normalized spacial score (nSPS) is 20.8. The summed E-state index contributed by atoms with van der Waals surface area (Å²) < 4.78 is 18.7. The third-order valence-electron chi connectivity index (χ3n) is 4.36. The van der Waals surface area contributed by atoms with E-state index in [1.54, 1.807) is 0 Å². The van der Waals surface area contributed by atoms with Gasteiger partial charge in [0.2, 0.25) is 0 Å². The fourth-order valence-electron chi connectivity index (χ4n) is 3.27. The zero-order valence-electron chi connectivity index (χ0n) is 16.7. The molecule has 1 heterocycles. The predicted octanol–water partition coefficient (Wildman–Crippen LogP) is 3.04. The minimum Gasteiger partial charge on any atom is -0.373 e. The number of rotatable bonds is 8. The van der Waals surface area contributed by atoms with Crippen LogP contribution in [0.15, 0.2) is 29.3 Å². The first-order valence-corrected chi connectivity index (χ1v) is 9.71. The number of hydrogen-bond acceptors (Lipinski definition) is 3. The Morgan fingerprint density at radius 1 is 1.19 bits per heavy atom. The summed E-state index contributed by atoms with van der Waals surface area (Å²) in [6, 6.07) is 6.65. The minimum atomic E-state index is -0.194. The molecule has 2 N–H and O–H groups in total. The maximum absolute atomic E-state index is 12.9. The summed E-state index contributed by atoms with van der Waals surface area (Å²) in [5, 5.41) is 6.62. The van der Waals surface area contributed by atoms with Crippen LogP contribution in [-0.2, 0) is 11.2 Å². The van der Waals surface area contributed by atoms with Gasteiger partial charge in [-0.05, 0) is 51.3 Å². The lowest BCUT2D eigenvalue weighted by Gasteiger charge is -2.35. The van der Waals surface area contributed by atoms with Crippen LogP contribution in [0.2, 0.25) is 0 Å². The number of ether oxygens (including phenoxy) is 1. The van der Waals surface area contributed by atoms with Gasteiger partial charge in [-0.25, -0.2) is 4.39 Å². The highest BCUT2D eigenvalue weighted by Gasteiger charge is 2.21. The number of benzene rings is 1. The molecule has 1 saturated heterocycles. The van der Waals surface area contributed by atoms with Crippen LogP contribution < -0.4 is 10.6 Å². The van der Waals surface area contributed by atoms with E-state index in [-0.39, 0.29) is 29.8 Å². The molecule has 0 bridgehead atoms. The summed E-state index contributed by atoms with van der Waals surface area (Å²) in [7, 11) is 0. The van der Waals surface area contributed by atoms with Crippen LogP contribution in [0.25, 0.3) is 0 Å². The molecule has 2 rings (SSSR count). The highest BCUT2D eigenvalue weighted by molar-refractivity contribution is 14.0. The number of halogens is 2. The zero-order valence-corrected chi connectivity index (χ0v) is 19.0. The Hall–Kier alpha value is -0.930. The standard InChI is InChI=1S/C20H33FN4O.HI/c1-4-22-20(24-12-10-18-6-8-19(21)9-7-18)23-11-5-13-25-14-16(2)26-17(3)15-25;/h6-9,16-17H,4-5,10-15H2,1-3H3,(H2,22,23,24);1H. The van der Waals surface area contributed by atoms with Crippen molar-refractivity contribution in [3.8, 4) is 0 Å². The van der Waals surface area contributed by atoms with E-state index in [0.29, 0.717) is 12.2 Å². The topological polar surface area (TPSA) is 48.9 Å². The molecule has 0 radical (unpaired) electrons. The lowest BCUT2D eigenvalue weighted by atomic mass is 10.1. The highest BCUT2D eigenvalue weighted by atomic mass is 127. The average molecular weight is 492 g/mol. The molecule has 0 saturated carbocycles. The van der Waals surface area contributed by atoms with Crippen LogP contribution in [0, 0.1) is 5.82 Å². The number of nitrogens with one attached hydrogen (secondary N) is 2. The maximum atomic E-state index is 12.9. The molecule has 1 aromatic rings. The van der Waals surface area contributed by atoms with Gasteiger partial charge in [0, 0.05) is 39.3 Å². The molecule has 0 amide bonds. The SMILES string of the molecule is CCNC(=NCCCN1CC(C)OC(C)C1)NCCc1ccc(F)cc1.I. The van der Waals surface area contributed by atoms with E-state index in [2.05, 4.69) is 41.3 Å². The molecule has 154 valence electrons. The Morgan fingerprint density at radius 2 is 1.85 bits per heavy atom. The first-order chi connectivity index (χ1) is 12.6. The van der Waals surface area contributed by atoms with Gasteiger partial charge >= 0.3 is 0 Å². The average Bonchev–Trinajstić information content (AvgIpc) is 2.59. The second-order valence-corrected chi connectivity index (χ2v) is 6.93. The molecule has 7 heteroatoms. The highest BCUT2D eigenvalue weighted by Crippen LogP contribution is 2.10. The molecule has 5 nitrogen and oxygen atoms in total. The molecular weight excluding hydrogens is 458 g/mol. The van der Waals surface area contributed by atoms with Gasteiger partial charge in [-0.1, -0.05) is 12.1 Å². The third-order valence-corrected chi connectivity index (χ3v) is 4.36. The summed E-state index contributed by atoms with van der Waals surface area (Å²) in [4.78, 5) is 7.12. The van der Waals surface area contributed by atoms with Crippen molar-refractivity contribution >= 4 is 29.9 Å². The predicted molar refractivity (Wildman–Crippen MR) is 121 cm³/mol. The fourth-order valence-corrected chi connectivity index (χ4v) is 3.27. The Balaban J connectivity index is 0.00000364. The number of morpholine rings is 1. The van der Waals surface area contributed by atoms with E-state index in [9.17, 15) is 4.39 Å². The van der Waals surface area contributed by atoms with Crippen LogP contribution in [-0.4, -0.2) is 62.3 Å². The van der Waals surface area contributed by atoms with E-state index in [4.69, 9.17) is 4.74 Å². The molecule has 1 fully saturated rings. The van der Waals surface area contributed by atoms with E-state index in [0.717, 1.165) is 63.6 Å². The lowest BCUT2D eigenvalue weighted by Crippen LogP contribution is -2.45. The van der Waals surface area contributed by atoms with Gasteiger partial charge in [0.15, 0.2) is 5.96 Å². The van der Waals surface area contributed by atoms with E-state index >= 15 is 0 Å². The van der Waals surface area contributed by atoms with Gasteiger partial charge in [0.25, 0.3) is 0 Å². The molecular formula is C20H34FIN4O. The summed E-state index contributed by atoms with van der Waals surface area (Å²) in [5.74, 6) is 0.652. The molecule has 2 atom stereocenters. The minimum absolute atomic E-state index is 0. The van der Waals surface area contributed by atoms with E-state index < -0.39 is 0 Å². The molecule has 0 spiro atoms. The van der Waals surface area contributed by atoms with Crippen molar-refractivity contribution in [2.75, 3.05) is 39.3 Å². The van der Waals surface area contributed by atoms with E-state index in [1.165, 1.54) is 12.1 Å². The molecule has 0 aliphatic carbocycles. The van der Waals surface area contributed by atoms with Crippen molar-refractivity contribution in [2.45, 2.75) is 45.8 Å². The fraction of sp³-hybridized carbons (Fsp3) is 0.650. The van der Waals surface area contributed by atoms with Crippen LogP contribution >= 0.6 is 24.0 Å². The van der Waals surface area contributed by atoms with Crippen LogP contribution in [0.3, 0.4) is 0 Å². The van der Waals surface area contributed by atoms with Crippen LogP contribution in [0.1, 0.15) is 32.8 Å². The largest absolute Gasteiger partial charge is 0.373 e. The quantitative estimate of drug-likeness (QED) is 0.254. The Labute approximate surface area is 180 Å². The van der Waals surface area contributed by atoms with Gasteiger partial charge in [-0.3, -0.25) is 9.89 Å². The van der Waals surface area contributed by atoms with Crippen molar-refractivity contribution in [1.82, 2.24) is 15.5 Å². The van der Waals surface area contributed by atoms with Gasteiger partial charge < -0.3 is 15.4 Å². The van der Waals surface area contributed by atoms with Crippen molar-refractivity contribution in [3.05, 3.63) is 35.6 Å². The zero-order chi connectivity index (χ0) is 18.8. The maximum Gasteiger partial charge on any atom is 0.191 e. The van der Waals surface area contributed by atoms with Gasteiger partial charge in [-0.2, -0.15) is 0 Å². The van der Waals surface area contributed by atoms with Crippen LogP contribution in [0.5, 0.6) is 0 Å². The Kier molecular flexibility index (Phi) is 11.9. The monoisotopic (exact) mass is 492 g/mol. The van der Waals surface area contributed by atoms with Gasteiger partial charge in [0.05, 0.1) is 12.2 Å². The van der Waals surface area contributed by atoms with Gasteiger partial charge in [-0.15, -0.1) is 24.0 Å². The van der Waals surface area contributed by atoms with Gasteiger partial charge in [0.1, 0.15) is 5.82 Å². The smallest absolute Gasteiger partial charge is 0.191 e. The number of aliphatic imine (C=N–C) groups is 1. The van der Waals surface area contributed by atoms with Crippen LogP contribution in [0.4, 0.5) is 4.39 Å². The van der Waals surface area contributed by atoms with E-state index in [1.807, 2.05) is 12.1 Å².